The summed E-state index contributed by atoms with van der Waals surface area (Å²) in [5.41, 5.74) is 0. The van der Waals surface area contributed by atoms with Gasteiger partial charge in [-0.2, -0.15) is 0 Å². The van der Waals surface area contributed by atoms with Crippen LogP contribution in [0.3, 0.4) is 0 Å². The van der Waals surface area contributed by atoms with E-state index in [4.69, 9.17) is 0 Å². The molecular formula is H7BaCaFMg. The molecule has 0 unspecified atom stereocenters. The van der Waals surface area contributed by atoms with E-state index in [1.807, 2.05) is 0 Å². The monoisotopic (exact) mass is 228 g/mol. The normalized spacial score (nSPS) is 0. The Bertz CT molecular complexity index is 8.00. The molecule has 0 atom stereocenters. The van der Waals surface area contributed by atoms with E-state index in [0.29, 0.717) is 0 Å². The molecule has 0 saturated heterocycles. The fourth-order valence-electron chi connectivity index (χ4n) is 0. The first-order valence-electron chi connectivity index (χ1n) is 0. The van der Waals surface area contributed by atoms with Crippen molar-refractivity contribution >= 4 is 110 Å². The van der Waals surface area contributed by atoms with Crippen molar-refractivity contribution in [2.75, 3.05) is 0 Å². The number of halogens is 1. The third-order valence-corrected chi connectivity index (χ3v) is 0. The van der Waals surface area contributed by atoms with Gasteiger partial charge in [0.15, 0.2) is 0 Å². The van der Waals surface area contributed by atoms with Crippen molar-refractivity contribution < 1.29 is 4.70 Å². The van der Waals surface area contributed by atoms with Crippen LogP contribution in [0.5, 0.6) is 0 Å². The van der Waals surface area contributed by atoms with Crippen LogP contribution in [0.4, 0.5) is 4.70 Å². The Morgan fingerprint density at radius 2 is 1.00 bits per heavy atom. The van der Waals surface area contributed by atoms with Crippen LogP contribution in [0.25, 0.3) is 0 Å². The standard InChI is InChI=1S/Ba.Ca.FH.Mg.6H/h;;1H;;;;;;;. The average molecular weight is 228 g/mol. The van der Waals surface area contributed by atoms with Gasteiger partial charge in [0, 0.05) is 0 Å². The third-order valence-electron chi connectivity index (χ3n) is 0. The SMILES string of the molecule is F.[BaH2].[CaH2].[MgH2]. The Morgan fingerprint density at radius 1 is 1.00 bits per heavy atom. The molecule has 0 amide bonds. The summed E-state index contributed by atoms with van der Waals surface area (Å²) in [6.45, 7) is 0. The van der Waals surface area contributed by atoms with Gasteiger partial charge >= 0.3 is 110 Å². The minimum absolute atomic E-state index is 0. The number of hydrogen-bond donors (Lipinski definition) is 0. The van der Waals surface area contributed by atoms with Gasteiger partial charge in [-0.3, -0.25) is 4.70 Å². The zero-order valence-corrected chi connectivity index (χ0v) is 0.408. The van der Waals surface area contributed by atoms with Crippen LogP contribution in [0.2, 0.25) is 0 Å². The molecule has 0 radical (unpaired) electrons. The van der Waals surface area contributed by atoms with Crippen molar-refractivity contribution in [3.8, 4) is 0 Å². The largest absolute Gasteiger partial charge is 0.316 e. The van der Waals surface area contributed by atoms with Gasteiger partial charge in [-0.1, -0.05) is 0 Å². The Balaban J connectivity index is 0. The van der Waals surface area contributed by atoms with Gasteiger partial charge in [0.1, 0.15) is 0 Å². The summed E-state index contributed by atoms with van der Waals surface area (Å²) in [5, 5.41) is 0. The predicted octanol–water partition coefficient (Wildman–Crippen LogP) is -2.60. The summed E-state index contributed by atoms with van der Waals surface area (Å²) in [4.78, 5) is 0. The maximum atomic E-state index is 0. The number of rotatable bonds is 0. The minimum atomic E-state index is 0. The first-order valence-corrected chi connectivity index (χ1v) is 0. The van der Waals surface area contributed by atoms with Gasteiger partial charge in [-0.15, -0.1) is 0 Å². The van der Waals surface area contributed by atoms with Gasteiger partial charge in [0.05, 0.1) is 0 Å². The molecule has 4 heteroatoms. The predicted molar refractivity (Wildman–Crippen MR) is 28.1 cm³/mol. The fraction of sp³-hybridized carbons (Fsp3) is 0. The molecule has 0 aromatic carbocycles. The number of hydrogen-bond acceptors (Lipinski definition) is 0. The van der Waals surface area contributed by atoms with E-state index >= 15 is 0 Å². The van der Waals surface area contributed by atoms with Crippen molar-refractivity contribution in [3.05, 3.63) is 0 Å². The molecule has 0 bridgehead atoms. The van der Waals surface area contributed by atoms with Gasteiger partial charge in [-0.25, -0.2) is 0 Å². The van der Waals surface area contributed by atoms with Crippen molar-refractivity contribution in [1.29, 1.82) is 0 Å². The van der Waals surface area contributed by atoms with Crippen molar-refractivity contribution in [2.24, 2.45) is 0 Å². The minimum Gasteiger partial charge on any atom is 0.316 e. The zero-order chi connectivity index (χ0) is 0. The van der Waals surface area contributed by atoms with Crippen LogP contribution >= 0.6 is 0 Å². The molecule has 0 N–H and O–H groups in total. The van der Waals surface area contributed by atoms with E-state index in [1.165, 1.54) is 0 Å². The zero-order valence-electron chi connectivity index (χ0n) is 0.408. The first-order chi connectivity index (χ1) is 0. The Kier molecular flexibility index (Phi) is 103. The maximum absolute atomic E-state index is 0. The molecule has 0 spiro atoms. The molecule has 0 aliphatic rings. The molecule has 0 nitrogen and oxygen atoms in total. The van der Waals surface area contributed by atoms with Crippen molar-refractivity contribution in [1.82, 2.24) is 0 Å². The Morgan fingerprint density at radius 3 is 1.00 bits per heavy atom. The average Bonchev–Trinajstić information content (AvgIpc) is 0. The van der Waals surface area contributed by atoms with Crippen LogP contribution in [0, 0.1) is 0 Å². The summed E-state index contributed by atoms with van der Waals surface area (Å²) >= 11 is 0. The molecule has 0 aliphatic carbocycles. The topological polar surface area (TPSA) is 0 Å². The first kappa shape index (κ1) is 25.8. The van der Waals surface area contributed by atoms with E-state index in [-0.39, 0.29) is 114 Å². The Labute approximate surface area is 111 Å². The molecule has 20 valence electrons. The van der Waals surface area contributed by atoms with E-state index < -0.39 is 0 Å². The molecule has 0 fully saturated rings. The van der Waals surface area contributed by atoms with Crippen LogP contribution in [-0.2, 0) is 0 Å². The van der Waals surface area contributed by atoms with Crippen LogP contribution in [-0.4, -0.2) is 110 Å². The summed E-state index contributed by atoms with van der Waals surface area (Å²) in [7, 11) is 0. The fourth-order valence-corrected chi connectivity index (χ4v) is 0. The van der Waals surface area contributed by atoms with E-state index in [2.05, 4.69) is 0 Å². The summed E-state index contributed by atoms with van der Waals surface area (Å²) in [6, 6.07) is 0. The molecular weight excluding hydrogens is 221 g/mol. The second-order valence-electron chi connectivity index (χ2n) is 0. The van der Waals surface area contributed by atoms with Crippen molar-refractivity contribution in [2.45, 2.75) is 0 Å². The molecule has 0 aromatic rings. The second kappa shape index (κ2) is 16.0. The molecule has 0 aromatic heterocycles. The Hall–Kier alpha value is 3.53. The van der Waals surface area contributed by atoms with E-state index in [1.54, 1.807) is 0 Å². The van der Waals surface area contributed by atoms with Gasteiger partial charge in [-0.05, 0) is 0 Å². The molecule has 4 heavy (non-hydrogen) atoms. The second-order valence-corrected chi connectivity index (χ2v) is 0. The van der Waals surface area contributed by atoms with Crippen LogP contribution in [0.15, 0.2) is 0 Å². The van der Waals surface area contributed by atoms with Gasteiger partial charge in [0.2, 0.25) is 0 Å². The summed E-state index contributed by atoms with van der Waals surface area (Å²) in [5.74, 6) is 0. The molecule has 0 saturated carbocycles. The van der Waals surface area contributed by atoms with E-state index in [0.717, 1.165) is 0 Å². The van der Waals surface area contributed by atoms with Crippen LogP contribution < -0.4 is 0 Å². The van der Waals surface area contributed by atoms with Crippen molar-refractivity contribution in [3.63, 3.8) is 0 Å². The van der Waals surface area contributed by atoms with Gasteiger partial charge < -0.3 is 0 Å². The van der Waals surface area contributed by atoms with Crippen LogP contribution in [0.1, 0.15) is 0 Å². The van der Waals surface area contributed by atoms with Gasteiger partial charge in [0.25, 0.3) is 0 Å². The quantitative estimate of drug-likeness (QED) is 0.399. The molecule has 0 aliphatic heterocycles. The van der Waals surface area contributed by atoms with E-state index in [9.17, 15) is 0 Å². The third kappa shape index (κ3) is 9.11. The summed E-state index contributed by atoms with van der Waals surface area (Å²) < 4.78 is 0. The summed E-state index contributed by atoms with van der Waals surface area (Å²) in [6.07, 6.45) is 0. The molecule has 0 heterocycles. The maximum Gasteiger partial charge on any atom is 0.316 e. The molecule has 0 rings (SSSR count). The smallest absolute Gasteiger partial charge is 0.316 e.